The monoisotopic (exact) mass is 261 g/mol. The van der Waals surface area contributed by atoms with Crippen LogP contribution in [0.3, 0.4) is 0 Å². The molecule has 0 saturated carbocycles. The van der Waals surface area contributed by atoms with Crippen LogP contribution in [0.1, 0.15) is 77.6 Å². The summed E-state index contributed by atoms with van der Waals surface area (Å²) in [7, 11) is 0. The second-order valence-corrected chi connectivity index (χ2v) is 5.08. The van der Waals surface area contributed by atoms with Crippen LogP contribution in [0.5, 0.6) is 0 Å². The molecule has 0 saturated heterocycles. The Balaban J connectivity index is 3.22. The summed E-state index contributed by atoms with van der Waals surface area (Å²) in [6.07, 6.45) is 27.4. The third-order valence-corrected chi connectivity index (χ3v) is 3.14. The van der Waals surface area contributed by atoms with Gasteiger partial charge in [0.1, 0.15) is 0 Å². The summed E-state index contributed by atoms with van der Waals surface area (Å²) >= 11 is 0. The summed E-state index contributed by atoms with van der Waals surface area (Å²) in [4.78, 5) is 0. The molecule has 0 aliphatic rings. The van der Waals surface area contributed by atoms with Gasteiger partial charge in [-0.1, -0.05) is 82.4 Å². The smallest absolute Gasteiger partial charge is 0.0169 e. The van der Waals surface area contributed by atoms with Crippen molar-refractivity contribution in [2.45, 2.75) is 77.6 Å². The van der Waals surface area contributed by atoms with Crippen LogP contribution in [0.25, 0.3) is 0 Å². The van der Waals surface area contributed by atoms with Crippen LogP contribution in [0.4, 0.5) is 0 Å². The normalized spacial score (nSPS) is 12.3. The molecule has 0 amide bonds. The summed E-state index contributed by atoms with van der Waals surface area (Å²) in [5.41, 5.74) is 0. The highest BCUT2D eigenvalue weighted by Gasteiger charge is 1.87. The third-order valence-electron chi connectivity index (χ3n) is 3.14. The fourth-order valence-electron chi connectivity index (χ4n) is 1.94. The summed E-state index contributed by atoms with van der Waals surface area (Å²) in [5, 5.41) is 0. The first-order valence-electron chi connectivity index (χ1n) is 8.16. The highest BCUT2D eigenvalue weighted by Crippen LogP contribution is 2.07. The zero-order valence-electron chi connectivity index (χ0n) is 12.9. The van der Waals surface area contributed by atoms with Gasteiger partial charge in [-0.2, -0.15) is 0 Å². The number of rotatable bonds is 13. The third kappa shape index (κ3) is 17.2. The quantitative estimate of drug-likeness (QED) is 0.252. The highest BCUT2D eigenvalue weighted by molar-refractivity contribution is 4.97. The second-order valence-electron chi connectivity index (χ2n) is 5.08. The van der Waals surface area contributed by atoms with Gasteiger partial charge < -0.3 is 0 Å². The minimum atomic E-state index is 1.00. The van der Waals surface area contributed by atoms with E-state index in [1.54, 1.807) is 0 Å². The van der Waals surface area contributed by atoms with Crippen molar-refractivity contribution in [1.29, 1.82) is 0 Å². The maximum absolute atomic E-state index is 3.81. The minimum absolute atomic E-state index is 1.00. The lowest BCUT2D eigenvalue weighted by molar-refractivity contribution is 0.611. The molecule has 0 heterocycles. The fourth-order valence-corrected chi connectivity index (χ4v) is 1.94. The van der Waals surface area contributed by atoms with Gasteiger partial charge in [-0.15, -0.1) is 0 Å². The molecule has 0 aliphatic carbocycles. The van der Waals surface area contributed by atoms with E-state index in [0.717, 1.165) is 25.7 Å². The molecule has 0 bridgehead atoms. The zero-order chi connectivity index (χ0) is 14.0. The first kappa shape index (κ1) is 18.2. The predicted octanol–water partition coefficient (Wildman–Crippen LogP) is 6.80. The van der Waals surface area contributed by atoms with Gasteiger partial charge in [-0.05, 0) is 38.5 Å². The van der Waals surface area contributed by atoms with E-state index in [9.17, 15) is 0 Å². The van der Waals surface area contributed by atoms with E-state index in [0.29, 0.717) is 0 Å². The Morgan fingerprint density at radius 2 is 1.16 bits per heavy atom. The number of hydrogen-bond acceptors (Lipinski definition) is 0. The summed E-state index contributed by atoms with van der Waals surface area (Å²) in [6.45, 7) is 6.08. The molecule has 0 fully saturated rings. The maximum atomic E-state index is 3.81. The number of unbranched alkanes of at least 4 members (excludes halogenated alkanes) is 7. The summed E-state index contributed by atoms with van der Waals surface area (Å²) < 4.78 is 0. The van der Waals surface area contributed by atoms with Crippen molar-refractivity contribution in [2.75, 3.05) is 0 Å². The lowest BCUT2D eigenvalue weighted by Crippen LogP contribution is -1.77. The SMILES string of the molecule is [CH2]CC/C=C\C/C=C\C/C=C\CCCCCCCC. The van der Waals surface area contributed by atoms with Crippen LogP contribution in [0.15, 0.2) is 36.5 Å². The molecule has 0 heteroatoms. The first-order chi connectivity index (χ1) is 9.41. The molecule has 19 heavy (non-hydrogen) atoms. The Morgan fingerprint density at radius 1 is 0.632 bits per heavy atom. The van der Waals surface area contributed by atoms with Gasteiger partial charge in [0, 0.05) is 0 Å². The Hall–Kier alpha value is -0.780. The molecule has 0 aliphatic heterocycles. The van der Waals surface area contributed by atoms with Crippen molar-refractivity contribution >= 4 is 0 Å². The Bertz CT molecular complexity index is 232. The van der Waals surface area contributed by atoms with Crippen molar-refractivity contribution in [3.63, 3.8) is 0 Å². The number of hydrogen-bond donors (Lipinski definition) is 0. The molecule has 0 atom stereocenters. The predicted molar refractivity (Wildman–Crippen MR) is 89.2 cm³/mol. The van der Waals surface area contributed by atoms with Crippen molar-refractivity contribution < 1.29 is 0 Å². The van der Waals surface area contributed by atoms with Crippen molar-refractivity contribution in [2.24, 2.45) is 0 Å². The summed E-state index contributed by atoms with van der Waals surface area (Å²) in [5.74, 6) is 0. The molecular formula is C19H33. The second kappa shape index (κ2) is 17.2. The fraction of sp³-hybridized carbons (Fsp3) is 0.632. The maximum Gasteiger partial charge on any atom is -0.0169 e. The van der Waals surface area contributed by atoms with Gasteiger partial charge in [0.05, 0.1) is 0 Å². The topological polar surface area (TPSA) is 0 Å². The Morgan fingerprint density at radius 3 is 1.79 bits per heavy atom. The Labute approximate surface area is 121 Å². The van der Waals surface area contributed by atoms with Crippen LogP contribution >= 0.6 is 0 Å². The van der Waals surface area contributed by atoms with Crippen LogP contribution in [-0.4, -0.2) is 0 Å². The minimum Gasteiger partial charge on any atom is -0.0882 e. The van der Waals surface area contributed by atoms with Crippen molar-refractivity contribution in [3.8, 4) is 0 Å². The lowest BCUT2D eigenvalue weighted by Gasteiger charge is -1.97. The van der Waals surface area contributed by atoms with Crippen LogP contribution in [0.2, 0.25) is 0 Å². The summed E-state index contributed by atoms with van der Waals surface area (Å²) in [6, 6.07) is 0. The Kier molecular flexibility index (Phi) is 16.5. The van der Waals surface area contributed by atoms with Gasteiger partial charge in [0.15, 0.2) is 0 Å². The van der Waals surface area contributed by atoms with Gasteiger partial charge in [0.2, 0.25) is 0 Å². The highest BCUT2D eigenvalue weighted by atomic mass is 13.9. The molecule has 0 N–H and O–H groups in total. The standard InChI is InChI=1S/C19H33/c1-3-5-7-9-11-13-15-17-19-18-16-14-12-10-8-6-4-2/h7,9,13,15,18-19H,1,3-6,8,10-12,14,16-17H2,2H3/b9-7-,15-13-,19-18-. The van der Waals surface area contributed by atoms with E-state index in [4.69, 9.17) is 0 Å². The molecular weight excluding hydrogens is 228 g/mol. The lowest BCUT2D eigenvalue weighted by atomic mass is 10.1. The molecule has 1 radical (unpaired) electrons. The average Bonchev–Trinajstić information content (AvgIpc) is 2.43. The number of allylic oxidation sites excluding steroid dienone is 6. The molecule has 0 spiro atoms. The van der Waals surface area contributed by atoms with E-state index < -0.39 is 0 Å². The molecule has 0 aromatic carbocycles. The zero-order valence-corrected chi connectivity index (χ0v) is 12.9. The van der Waals surface area contributed by atoms with Crippen LogP contribution in [0, 0.1) is 6.92 Å². The molecule has 109 valence electrons. The van der Waals surface area contributed by atoms with E-state index in [-0.39, 0.29) is 0 Å². The average molecular weight is 261 g/mol. The van der Waals surface area contributed by atoms with Crippen molar-refractivity contribution in [3.05, 3.63) is 43.4 Å². The van der Waals surface area contributed by atoms with Gasteiger partial charge >= 0.3 is 0 Å². The van der Waals surface area contributed by atoms with E-state index in [2.05, 4.69) is 50.3 Å². The molecule has 0 aromatic rings. The molecule has 0 nitrogen and oxygen atoms in total. The van der Waals surface area contributed by atoms with Gasteiger partial charge in [-0.3, -0.25) is 0 Å². The van der Waals surface area contributed by atoms with E-state index >= 15 is 0 Å². The van der Waals surface area contributed by atoms with Crippen LogP contribution in [-0.2, 0) is 0 Å². The van der Waals surface area contributed by atoms with Gasteiger partial charge in [-0.25, -0.2) is 0 Å². The molecule has 0 unspecified atom stereocenters. The largest absolute Gasteiger partial charge is 0.0882 e. The first-order valence-corrected chi connectivity index (χ1v) is 8.16. The van der Waals surface area contributed by atoms with Crippen molar-refractivity contribution in [1.82, 2.24) is 0 Å². The molecule has 0 rings (SSSR count). The van der Waals surface area contributed by atoms with E-state index in [1.165, 1.54) is 44.9 Å². The van der Waals surface area contributed by atoms with Crippen LogP contribution < -0.4 is 0 Å². The molecule has 0 aromatic heterocycles. The van der Waals surface area contributed by atoms with E-state index in [1.807, 2.05) is 0 Å². The van der Waals surface area contributed by atoms with Gasteiger partial charge in [0.25, 0.3) is 0 Å².